The normalized spacial score (nSPS) is 26.9. The van der Waals surface area contributed by atoms with Crippen molar-refractivity contribution >= 4 is 17.7 Å². The highest BCUT2D eigenvalue weighted by atomic mass is 16.5. The molecular weight excluding hydrogens is 332 g/mol. The summed E-state index contributed by atoms with van der Waals surface area (Å²) in [5.41, 5.74) is 0.970. The van der Waals surface area contributed by atoms with Crippen molar-refractivity contribution in [2.45, 2.75) is 31.7 Å². The van der Waals surface area contributed by atoms with Crippen molar-refractivity contribution in [3.05, 3.63) is 42.0 Å². The van der Waals surface area contributed by atoms with Crippen molar-refractivity contribution in [3.63, 3.8) is 0 Å². The summed E-state index contributed by atoms with van der Waals surface area (Å²) in [5, 5.41) is 3.01. The van der Waals surface area contributed by atoms with E-state index in [-0.39, 0.29) is 48.6 Å². The first-order chi connectivity index (χ1) is 12.6. The molecule has 26 heavy (non-hydrogen) atoms. The van der Waals surface area contributed by atoms with Gasteiger partial charge in [0.1, 0.15) is 5.75 Å². The van der Waals surface area contributed by atoms with Gasteiger partial charge in [-0.15, -0.1) is 0 Å². The number of nitrogens with zero attached hydrogens (tertiary/aromatic N) is 1. The lowest BCUT2D eigenvalue weighted by Gasteiger charge is -2.26. The second-order valence-electron chi connectivity index (χ2n) is 7.03. The van der Waals surface area contributed by atoms with Crippen molar-refractivity contribution in [1.82, 2.24) is 10.2 Å². The summed E-state index contributed by atoms with van der Waals surface area (Å²) in [6, 6.07) is 7.57. The van der Waals surface area contributed by atoms with Crippen LogP contribution in [-0.2, 0) is 14.4 Å². The van der Waals surface area contributed by atoms with E-state index in [9.17, 15) is 14.4 Å². The summed E-state index contributed by atoms with van der Waals surface area (Å²) in [4.78, 5) is 38.5. The lowest BCUT2D eigenvalue weighted by Crippen LogP contribution is -2.37. The number of carbonyl (C=O) groups excluding carboxylic acids is 3. The maximum absolute atomic E-state index is 12.4. The Hall–Kier alpha value is -2.63. The third kappa shape index (κ3) is 3.00. The van der Waals surface area contributed by atoms with Crippen LogP contribution in [0.25, 0.3) is 0 Å². The maximum Gasteiger partial charge on any atom is 0.233 e. The fourth-order valence-corrected chi connectivity index (χ4v) is 4.06. The first-order valence-corrected chi connectivity index (χ1v) is 9.16. The lowest BCUT2D eigenvalue weighted by molar-refractivity contribution is -0.140. The van der Waals surface area contributed by atoms with Crippen molar-refractivity contribution < 1.29 is 19.1 Å². The van der Waals surface area contributed by atoms with Gasteiger partial charge in [0, 0.05) is 24.9 Å². The largest absolute Gasteiger partial charge is 0.493 e. The van der Waals surface area contributed by atoms with Crippen LogP contribution >= 0.6 is 0 Å². The second-order valence-corrected chi connectivity index (χ2v) is 7.03. The zero-order valence-electron chi connectivity index (χ0n) is 14.5. The minimum atomic E-state index is -0.238. The van der Waals surface area contributed by atoms with E-state index in [1.165, 1.54) is 4.90 Å². The first-order valence-electron chi connectivity index (χ1n) is 9.16. The number of rotatable bonds is 4. The standard InChI is InChI=1S/C20H22N2O4/c23-18(21-16-10-12-26-17-8-4-3-7-15(16)17)9-11-22-19(24)13-5-1-2-6-14(13)20(22)25/h1-4,7-8,13-14,16H,5-6,9-12H2,(H,21,23)/t13-,14-,16+/m1/s1. The molecule has 2 aliphatic heterocycles. The number of para-hydroxylation sites is 1. The predicted molar refractivity (Wildman–Crippen MR) is 94.1 cm³/mol. The van der Waals surface area contributed by atoms with Crippen LogP contribution in [-0.4, -0.2) is 35.8 Å². The quantitative estimate of drug-likeness (QED) is 0.663. The summed E-state index contributed by atoms with van der Waals surface area (Å²) in [5.74, 6) is -0.0937. The van der Waals surface area contributed by atoms with Gasteiger partial charge in [-0.1, -0.05) is 30.4 Å². The van der Waals surface area contributed by atoms with Crippen LogP contribution in [0.1, 0.15) is 37.3 Å². The van der Waals surface area contributed by atoms with Crippen LogP contribution in [0, 0.1) is 11.8 Å². The molecule has 1 fully saturated rings. The maximum atomic E-state index is 12.4. The van der Waals surface area contributed by atoms with Crippen LogP contribution in [0.15, 0.2) is 36.4 Å². The van der Waals surface area contributed by atoms with Crippen molar-refractivity contribution in [2.24, 2.45) is 11.8 Å². The zero-order chi connectivity index (χ0) is 18.1. The SMILES string of the molecule is O=C(CCN1C(=O)[C@@H]2CC=CC[C@H]2C1=O)N[C@H]1CCOc2ccccc21. The Bertz CT molecular complexity index is 747. The highest BCUT2D eigenvalue weighted by Crippen LogP contribution is 2.35. The second kappa shape index (κ2) is 6.94. The highest BCUT2D eigenvalue weighted by Gasteiger charge is 2.46. The Morgan fingerprint density at radius 1 is 1.12 bits per heavy atom. The third-order valence-corrected chi connectivity index (χ3v) is 5.46. The molecule has 3 atom stereocenters. The number of nitrogens with one attached hydrogen (secondary N) is 1. The van der Waals surface area contributed by atoms with Crippen molar-refractivity contribution in [2.75, 3.05) is 13.2 Å². The van der Waals surface area contributed by atoms with Gasteiger partial charge in [0.15, 0.2) is 0 Å². The Morgan fingerprint density at radius 2 is 1.81 bits per heavy atom. The average molecular weight is 354 g/mol. The molecule has 0 unspecified atom stereocenters. The minimum Gasteiger partial charge on any atom is -0.493 e. The molecule has 3 amide bonds. The van der Waals surface area contributed by atoms with Crippen LogP contribution in [0.4, 0.5) is 0 Å². The van der Waals surface area contributed by atoms with Gasteiger partial charge in [0.25, 0.3) is 0 Å². The van der Waals surface area contributed by atoms with E-state index in [4.69, 9.17) is 4.74 Å². The molecule has 0 aromatic heterocycles. The third-order valence-electron chi connectivity index (χ3n) is 5.46. The average Bonchev–Trinajstić information content (AvgIpc) is 2.91. The van der Waals surface area contributed by atoms with Gasteiger partial charge in [0.2, 0.25) is 17.7 Å². The van der Waals surface area contributed by atoms with Gasteiger partial charge in [-0.25, -0.2) is 0 Å². The highest BCUT2D eigenvalue weighted by molar-refractivity contribution is 6.05. The molecule has 3 aliphatic rings. The Kier molecular flexibility index (Phi) is 4.49. The van der Waals surface area contributed by atoms with E-state index >= 15 is 0 Å². The summed E-state index contributed by atoms with van der Waals surface area (Å²) in [6.45, 7) is 0.711. The molecule has 0 spiro atoms. The van der Waals surface area contributed by atoms with Crippen LogP contribution in [0.2, 0.25) is 0 Å². The van der Waals surface area contributed by atoms with Crippen LogP contribution < -0.4 is 10.1 Å². The molecule has 1 aromatic rings. The topological polar surface area (TPSA) is 75.7 Å². The Labute approximate surface area is 152 Å². The predicted octanol–water partition coefficient (Wildman–Crippen LogP) is 1.97. The van der Waals surface area contributed by atoms with Gasteiger partial charge in [-0.05, 0) is 18.9 Å². The number of hydrogen-bond acceptors (Lipinski definition) is 4. The molecule has 6 heteroatoms. The fourth-order valence-electron chi connectivity index (χ4n) is 4.06. The minimum absolute atomic E-state index is 0.0933. The van der Waals surface area contributed by atoms with E-state index in [1.807, 2.05) is 36.4 Å². The molecule has 1 saturated heterocycles. The molecule has 136 valence electrons. The van der Waals surface area contributed by atoms with Gasteiger partial charge < -0.3 is 10.1 Å². The number of benzene rings is 1. The number of carbonyl (C=O) groups is 3. The van der Waals surface area contributed by atoms with E-state index in [0.717, 1.165) is 11.3 Å². The van der Waals surface area contributed by atoms with Gasteiger partial charge in [0.05, 0.1) is 24.5 Å². The van der Waals surface area contributed by atoms with E-state index < -0.39 is 0 Å². The zero-order valence-corrected chi connectivity index (χ0v) is 14.5. The Morgan fingerprint density at radius 3 is 2.54 bits per heavy atom. The van der Waals surface area contributed by atoms with E-state index in [0.29, 0.717) is 25.9 Å². The number of fused-ring (bicyclic) bond motifs is 2. The molecule has 1 aliphatic carbocycles. The number of allylic oxidation sites excluding steroid dienone is 2. The smallest absolute Gasteiger partial charge is 0.233 e. The van der Waals surface area contributed by atoms with Gasteiger partial charge in [-0.2, -0.15) is 0 Å². The van der Waals surface area contributed by atoms with E-state index in [1.54, 1.807) is 0 Å². The molecule has 4 rings (SSSR count). The fraction of sp³-hybridized carbons (Fsp3) is 0.450. The molecular formula is C20H22N2O4. The van der Waals surface area contributed by atoms with Crippen molar-refractivity contribution in [1.29, 1.82) is 0 Å². The molecule has 0 saturated carbocycles. The molecule has 1 aromatic carbocycles. The summed E-state index contributed by atoms with van der Waals surface area (Å²) in [7, 11) is 0. The summed E-state index contributed by atoms with van der Waals surface area (Å²) in [6.07, 6.45) is 6.01. The molecule has 2 heterocycles. The van der Waals surface area contributed by atoms with Gasteiger partial charge in [-0.3, -0.25) is 19.3 Å². The number of ether oxygens (including phenoxy) is 1. The lowest BCUT2D eigenvalue weighted by atomic mass is 9.85. The number of imide groups is 1. The monoisotopic (exact) mass is 354 g/mol. The molecule has 0 bridgehead atoms. The Balaban J connectivity index is 1.35. The van der Waals surface area contributed by atoms with Crippen LogP contribution in [0.3, 0.4) is 0 Å². The first kappa shape index (κ1) is 16.8. The molecule has 1 N–H and O–H groups in total. The van der Waals surface area contributed by atoms with Gasteiger partial charge >= 0.3 is 0 Å². The van der Waals surface area contributed by atoms with Crippen molar-refractivity contribution in [3.8, 4) is 5.75 Å². The number of likely N-dealkylation sites (tertiary alicyclic amines) is 1. The molecule has 0 radical (unpaired) electrons. The summed E-state index contributed by atoms with van der Waals surface area (Å²) < 4.78 is 5.60. The molecule has 6 nitrogen and oxygen atoms in total. The number of amides is 3. The van der Waals surface area contributed by atoms with Crippen LogP contribution in [0.5, 0.6) is 5.75 Å². The number of hydrogen-bond donors (Lipinski definition) is 1. The van der Waals surface area contributed by atoms with E-state index in [2.05, 4.69) is 5.32 Å². The summed E-state index contributed by atoms with van der Waals surface area (Å²) >= 11 is 0.